The predicted molar refractivity (Wildman–Crippen MR) is 127 cm³/mol. The van der Waals surface area contributed by atoms with Crippen LogP contribution in [0.1, 0.15) is 62.7 Å². The fourth-order valence-corrected chi connectivity index (χ4v) is 4.80. The van der Waals surface area contributed by atoms with Gasteiger partial charge in [-0.15, -0.1) is 0 Å². The number of benzene rings is 1. The highest BCUT2D eigenvalue weighted by Gasteiger charge is 2.47. The van der Waals surface area contributed by atoms with Gasteiger partial charge in [0.1, 0.15) is 11.5 Å². The lowest BCUT2D eigenvalue weighted by molar-refractivity contribution is -0.134. The first-order valence-corrected chi connectivity index (χ1v) is 11.4. The molecule has 0 spiro atoms. The number of carbonyl (C=O) groups is 3. The smallest absolute Gasteiger partial charge is 0.354 e. The highest BCUT2D eigenvalue weighted by atomic mass is 16.5. The Morgan fingerprint density at radius 3 is 2.47 bits per heavy atom. The van der Waals surface area contributed by atoms with Crippen LogP contribution in [0.3, 0.4) is 0 Å². The van der Waals surface area contributed by atoms with Gasteiger partial charge in [-0.3, -0.25) is 9.59 Å². The van der Waals surface area contributed by atoms with Gasteiger partial charge in [0.05, 0.1) is 26.0 Å². The second kappa shape index (κ2) is 9.33. The van der Waals surface area contributed by atoms with Gasteiger partial charge in [-0.25, -0.2) is 4.79 Å². The molecular weight excluding hydrogens is 432 g/mol. The second-order valence-electron chi connectivity index (χ2n) is 8.93. The average molecular weight is 463 g/mol. The minimum Gasteiger partial charge on any atom is -0.467 e. The third-order valence-electron chi connectivity index (χ3n) is 6.93. The molecule has 7 nitrogen and oxygen atoms in total. The molecule has 2 heterocycles. The van der Waals surface area contributed by atoms with E-state index in [1.54, 1.807) is 55.7 Å². The molecule has 0 bridgehead atoms. The Morgan fingerprint density at radius 2 is 1.85 bits per heavy atom. The normalized spacial score (nSPS) is 17.8. The zero-order valence-corrected chi connectivity index (χ0v) is 20.2. The number of rotatable bonds is 8. The van der Waals surface area contributed by atoms with Crippen LogP contribution in [-0.4, -0.2) is 40.3 Å². The molecule has 178 valence electrons. The van der Waals surface area contributed by atoms with Gasteiger partial charge in [-0.2, -0.15) is 0 Å². The summed E-state index contributed by atoms with van der Waals surface area (Å²) in [6.07, 6.45) is 2.32. The predicted octanol–water partition coefficient (Wildman–Crippen LogP) is 4.43. The van der Waals surface area contributed by atoms with Crippen LogP contribution in [-0.2, 0) is 23.1 Å². The Labute approximate surface area is 199 Å². The highest BCUT2D eigenvalue weighted by Crippen LogP contribution is 2.48. The Morgan fingerprint density at radius 1 is 1.15 bits per heavy atom. The van der Waals surface area contributed by atoms with Crippen LogP contribution in [0.2, 0.25) is 0 Å². The molecule has 1 fully saturated rings. The molecule has 0 saturated heterocycles. The molecule has 3 aromatic rings. The Hall–Kier alpha value is -3.61. The lowest BCUT2D eigenvalue weighted by Gasteiger charge is -2.28. The molecule has 0 aliphatic heterocycles. The molecule has 1 saturated carbocycles. The van der Waals surface area contributed by atoms with Crippen molar-refractivity contribution in [2.24, 2.45) is 13.0 Å². The number of hydrogen-bond donors (Lipinski definition) is 0. The van der Waals surface area contributed by atoms with Gasteiger partial charge in [0.15, 0.2) is 5.78 Å². The maximum atomic E-state index is 13.7. The summed E-state index contributed by atoms with van der Waals surface area (Å²) in [7, 11) is 3.05. The van der Waals surface area contributed by atoms with Crippen LogP contribution in [0, 0.1) is 19.8 Å². The molecule has 1 aromatic carbocycles. The van der Waals surface area contributed by atoms with E-state index in [4.69, 9.17) is 9.15 Å². The number of furan rings is 1. The number of methoxy groups -OCH3 is 1. The molecule has 0 N–H and O–H groups in total. The van der Waals surface area contributed by atoms with Crippen molar-refractivity contribution in [2.75, 3.05) is 7.11 Å². The van der Waals surface area contributed by atoms with E-state index in [2.05, 4.69) is 0 Å². The van der Waals surface area contributed by atoms with Crippen LogP contribution in [0.15, 0.2) is 53.1 Å². The lowest BCUT2D eigenvalue weighted by atomic mass is 9.99. The van der Waals surface area contributed by atoms with E-state index in [1.165, 1.54) is 7.11 Å². The first kappa shape index (κ1) is 23.5. The molecule has 4 rings (SSSR count). The molecule has 34 heavy (non-hydrogen) atoms. The van der Waals surface area contributed by atoms with Crippen molar-refractivity contribution in [3.05, 3.63) is 82.6 Å². The molecule has 1 amide bonds. The average Bonchev–Trinajstić information content (AvgIpc) is 3.41. The maximum absolute atomic E-state index is 13.7. The van der Waals surface area contributed by atoms with Crippen LogP contribution in [0.4, 0.5) is 0 Å². The van der Waals surface area contributed by atoms with Crippen molar-refractivity contribution in [1.82, 2.24) is 9.47 Å². The first-order valence-electron chi connectivity index (χ1n) is 11.4. The fraction of sp³-hybridized carbons (Fsp3) is 0.370. The van der Waals surface area contributed by atoms with Gasteiger partial charge in [0, 0.05) is 24.2 Å². The molecule has 2 unspecified atom stereocenters. The lowest BCUT2D eigenvalue weighted by Crippen LogP contribution is -2.44. The number of ketones is 1. The summed E-state index contributed by atoms with van der Waals surface area (Å²) in [4.78, 5) is 41.3. The van der Waals surface area contributed by atoms with Crippen molar-refractivity contribution >= 4 is 17.7 Å². The van der Waals surface area contributed by atoms with Crippen molar-refractivity contribution in [3.8, 4) is 0 Å². The van der Waals surface area contributed by atoms with Gasteiger partial charge in [0.25, 0.3) is 0 Å². The quantitative estimate of drug-likeness (QED) is 0.366. The SMILES string of the molecule is COC(=O)c1c(C)c(C(=O)C(C)N(Cc2ccco2)C(=O)C2C[C@H]2c2ccccc2)c(C)n1C. The summed E-state index contributed by atoms with van der Waals surface area (Å²) in [5, 5.41) is 0. The number of nitrogens with zero attached hydrogens (tertiary/aromatic N) is 2. The number of amides is 1. The van der Waals surface area contributed by atoms with Crippen LogP contribution in [0.5, 0.6) is 0 Å². The molecule has 7 heteroatoms. The van der Waals surface area contributed by atoms with Crippen LogP contribution >= 0.6 is 0 Å². The van der Waals surface area contributed by atoms with Crippen molar-refractivity contribution in [1.29, 1.82) is 0 Å². The molecule has 1 aliphatic rings. The van der Waals surface area contributed by atoms with E-state index in [-0.39, 0.29) is 30.1 Å². The van der Waals surface area contributed by atoms with Crippen molar-refractivity contribution < 1.29 is 23.5 Å². The van der Waals surface area contributed by atoms with E-state index in [0.29, 0.717) is 28.3 Å². The Kier molecular flexibility index (Phi) is 6.46. The van der Waals surface area contributed by atoms with Crippen molar-refractivity contribution in [2.45, 2.75) is 45.7 Å². The molecule has 2 aromatic heterocycles. The maximum Gasteiger partial charge on any atom is 0.354 e. The van der Waals surface area contributed by atoms with Gasteiger partial charge < -0.3 is 18.6 Å². The Balaban J connectivity index is 1.64. The largest absolute Gasteiger partial charge is 0.467 e. The molecular formula is C27H30N2O5. The second-order valence-corrected chi connectivity index (χ2v) is 8.93. The minimum atomic E-state index is -0.736. The standard InChI is InChI=1S/C27H30N2O5/c1-16-23(17(2)28(4)24(16)27(32)33-5)25(30)18(3)29(15-20-12-9-13-34-20)26(31)22-14-21(22)19-10-7-6-8-11-19/h6-13,18,21-22H,14-15H2,1-5H3/t18?,21-,22?/m0/s1. The number of esters is 1. The summed E-state index contributed by atoms with van der Waals surface area (Å²) in [6, 6.07) is 12.8. The summed E-state index contributed by atoms with van der Waals surface area (Å²) in [5.41, 5.74) is 3.14. The zero-order valence-electron chi connectivity index (χ0n) is 20.2. The summed E-state index contributed by atoms with van der Waals surface area (Å²) >= 11 is 0. The van der Waals surface area contributed by atoms with E-state index in [1.807, 2.05) is 30.3 Å². The molecule has 3 atom stereocenters. The van der Waals surface area contributed by atoms with Crippen molar-refractivity contribution in [3.63, 3.8) is 0 Å². The van der Waals surface area contributed by atoms with Gasteiger partial charge >= 0.3 is 5.97 Å². The third-order valence-corrected chi connectivity index (χ3v) is 6.93. The van der Waals surface area contributed by atoms with Gasteiger partial charge in [0.2, 0.25) is 5.91 Å². The molecule has 1 aliphatic carbocycles. The highest BCUT2D eigenvalue weighted by molar-refractivity contribution is 6.06. The van der Waals surface area contributed by atoms with Crippen LogP contribution < -0.4 is 0 Å². The van der Waals surface area contributed by atoms with E-state index >= 15 is 0 Å². The van der Waals surface area contributed by atoms with Crippen LogP contribution in [0.25, 0.3) is 0 Å². The minimum absolute atomic E-state index is 0.0643. The number of carbonyl (C=O) groups excluding carboxylic acids is 3. The number of Topliss-reactive ketones (excluding diaryl/α,β-unsaturated/α-hetero) is 1. The van der Waals surface area contributed by atoms with E-state index < -0.39 is 12.0 Å². The van der Waals surface area contributed by atoms with E-state index in [0.717, 1.165) is 12.0 Å². The van der Waals surface area contributed by atoms with Gasteiger partial charge in [-0.1, -0.05) is 30.3 Å². The first-order chi connectivity index (χ1) is 16.3. The number of ether oxygens (including phenoxy) is 1. The summed E-state index contributed by atoms with van der Waals surface area (Å²) < 4.78 is 12.1. The topological polar surface area (TPSA) is 81.8 Å². The Bertz CT molecular complexity index is 1210. The monoisotopic (exact) mass is 462 g/mol. The van der Waals surface area contributed by atoms with Gasteiger partial charge in [-0.05, 0) is 56.4 Å². The summed E-state index contributed by atoms with van der Waals surface area (Å²) in [5.74, 6) is -0.177. The summed E-state index contributed by atoms with van der Waals surface area (Å²) in [6.45, 7) is 5.48. The zero-order chi connectivity index (χ0) is 24.6. The van der Waals surface area contributed by atoms with E-state index in [9.17, 15) is 14.4 Å². The number of aromatic nitrogens is 1. The molecule has 0 radical (unpaired) electrons. The third kappa shape index (κ3) is 4.18. The fourth-order valence-electron chi connectivity index (χ4n) is 4.80. The number of hydrogen-bond acceptors (Lipinski definition) is 5.